The van der Waals surface area contributed by atoms with Gasteiger partial charge in [-0.3, -0.25) is 4.68 Å². The molecular weight excluding hydrogens is 254 g/mol. The van der Waals surface area contributed by atoms with E-state index in [-0.39, 0.29) is 0 Å². The summed E-state index contributed by atoms with van der Waals surface area (Å²) < 4.78 is 1.87. The van der Waals surface area contributed by atoms with E-state index in [2.05, 4.69) is 47.4 Å². The molecule has 1 aromatic heterocycles. The first-order valence-corrected chi connectivity index (χ1v) is 7.58. The largest absolute Gasteiger partial charge is 0.366 e. The zero-order valence-electron chi connectivity index (χ0n) is 11.4. The van der Waals surface area contributed by atoms with Gasteiger partial charge in [0.05, 0.1) is 11.9 Å². The lowest BCUT2D eigenvalue weighted by molar-refractivity contribution is 0.728. The Bertz CT molecular complexity index is 564. The summed E-state index contributed by atoms with van der Waals surface area (Å²) in [7, 11) is 1.97. The summed E-state index contributed by atoms with van der Waals surface area (Å²) in [6.07, 6.45) is 5.29. The van der Waals surface area contributed by atoms with Crippen molar-refractivity contribution in [2.75, 3.05) is 11.4 Å². The van der Waals surface area contributed by atoms with Crippen LogP contribution in [-0.2, 0) is 13.6 Å². The summed E-state index contributed by atoms with van der Waals surface area (Å²) in [5.74, 6) is 0. The maximum atomic E-state index is 4.26. The number of thioether (sulfide) groups is 1. The summed E-state index contributed by atoms with van der Waals surface area (Å²) in [5.41, 5.74) is 2.64. The van der Waals surface area contributed by atoms with Gasteiger partial charge in [-0.05, 0) is 18.6 Å². The first kappa shape index (κ1) is 12.6. The Morgan fingerprint density at radius 2 is 2.21 bits per heavy atom. The zero-order chi connectivity index (χ0) is 13.2. The Morgan fingerprint density at radius 1 is 1.37 bits per heavy atom. The molecule has 1 aliphatic heterocycles. The van der Waals surface area contributed by atoms with Gasteiger partial charge in [-0.2, -0.15) is 5.10 Å². The van der Waals surface area contributed by atoms with Gasteiger partial charge < -0.3 is 4.90 Å². The molecular formula is C15H19N3S. The van der Waals surface area contributed by atoms with Crippen LogP contribution in [0.25, 0.3) is 0 Å². The number of hydrogen-bond donors (Lipinski definition) is 0. The molecule has 1 atom stereocenters. The Kier molecular flexibility index (Phi) is 3.51. The molecule has 1 aromatic carbocycles. The van der Waals surface area contributed by atoms with E-state index in [1.807, 2.05) is 29.7 Å². The van der Waals surface area contributed by atoms with E-state index in [4.69, 9.17) is 0 Å². The fraction of sp³-hybridized carbons (Fsp3) is 0.400. The van der Waals surface area contributed by atoms with Gasteiger partial charge in [-0.15, -0.1) is 11.8 Å². The number of aryl methyl sites for hydroxylation is 1. The Balaban J connectivity index is 1.88. The lowest BCUT2D eigenvalue weighted by Gasteiger charge is -2.23. The van der Waals surface area contributed by atoms with Crippen LogP contribution in [0, 0.1) is 0 Å². The maximum absolute atomic E-state index is 4.26. The van der Waals surface area contributed by atoms with E-state index in [0.717, 1.165) is 13.1 Å². The number of rotatable bonds is 2. The molecule has 0 spiro atoms. The van der Waals surface area contributed by atoms with Gasteiger partial charge >= 0.3 is 0 Å². The predicted octanol–water partition coefficient (Wildman–Crippen LogP) is 3.31. The van der Waals surface area contributed by atoms with Crippen LogP contribution in [0.2, 0.25) is 0 Å². The van der Waals surface area contributed by atoms with Crippen molar-refractivity contribution in [1.82, 2.24) is 9.78 Å². The van der Waals surface area contributed by atoms with Gasteiger partial charge in [0, 0.05) is 42.0 Å². The molecule has 0 saturated carbocycles. The number of nitrogens with zero attached hydrogens (tertiary/aromatic N) is 3. The van der Waals surface area contributed by atoms with Gasteiger partial charge in [-0.1, -0.05) is 19.1 Å². The number of benzene rings is 1. The van der Waals surface area contributed by atoms with Gasteiger partial charge in [0.1, 0.15) is 0 Å². The van der Waals surface area contributed by atoms with E-state index >= 15 is 0 Å². The van der Waals surface area contributed by atoms with Crippen molar-refractivity contribution in [2.45, 2.75) is 30.0 Å². The van der Waals surface area contributed by atoms with Crippen LogP contribution >= 0.6 is 11.8 Å². The van der Waals surface area contributed by atoms with Crippen molar-refractivity contribution in [1.29, 1.82) is 0 Å². The molecule has 19 heavy (non-hydrogen) atoms. The van der Waals surface area contributed by atoms with Crippen molar-refractivity contribution in [3.63, 3.8) is 0 Å². The molecule has 4 heteroatoms. The van der Waals surface area contributed by atoms with Crippen LogP contribution in [0.15, 0.2) is 41.6 Å². The molecule has 1 aliphatic rings. The van der Waals surface area contributed by atoms with Crippen LogP contribution in [0.1, 0.15) is 18.9 Å². The van der Waals surface area contributed by atoms with E-state index in [9.17, 15) is 0 Å². The molecule has 0 radical (unpaired) electrons. The molecule has 0 aliphatic carbocycles. The van der Waals surface area contributed by atoms with Crippen molar-refractivity contribution < 1.29 is 0 Å². The summed E-state index contributed by atoms with van der Waals surface area (Å²) in [6, 6.07) is 8.73. The van der Waals surface area contributed by atoms with E-state index < -0.39 is 0 Å². The van der Waals surface area contributed by atoms with Gasteiger partial charge in [-0.25, -0.2) is 0 Å². The number of fused-ring (bicyclic) bond motifs is 1. The standard InChI is InChI=1S/C15H19N3S/c1-12-7-8-18(11-13-9-16-17(2)10-13)14-5-3-4-6-15(14)19-12/h3-6,9-10,12H,7-8,11H2,1-2H3/t12-/m1/s1. The Labute approximate surface area is 118 Å². The first-order valence-electron chi connectivity index (χ1n) is 6.70. The Hall–Kier alpha value is -1.42. The van der Waals surface area contributed by atoms with Crippen LogP contribution in [0.3, 0.4) is 0 Å². The minimum absolute atomic E-state index is 0.681. The quantitative estimate of drug-likeness (QED) is 0.837. The second kappa shape index (κ2) is 5.29. The third-order valence-electron chi connectivity index (χ3n) is 3.47. The molecule has 0 N–H and O–H groups in total. The van der Waals surface area contributed by atoms with Crippen molar-refractivity contribution in [2.24, 2.45) is 7.05 Å². The molecule has 0 fully saturated rings. The second-order valence-corrected chi connectivity index (χ2v) is 6.61. The average Bonchev–Trinajstić information content (AvgIpc) is 2.73. The highest BCUT2D eigenvalue weighted by Gasteiger charge is 2.19. The van der Waals surface area contributed by atoms with Crippen molar-refractivity contribution in [3.05, 3.63) is 42.2 Å². The molecule has 2 aromatic rings. The zero-order valence-corrected chi connectivity index (χ0v) is 12.2. The van der Waals surface area contributed by atoms with Gasteiger partial charge in [0.25, 0.3) is 0 Å². The van der Waals surface area contributed by atoms with E-state index in [0.29, 0.717) is 5.25 Å². The van der Waals surface area contributed by atoms with Gasteiger partial charge in [0.2, 0.25) is 0 Å². The normalized spacial score (nSPS) is 19.1. The summed E-state index contributed by atoms with van der Waals surface area (Å²) >= 11 is 1.99. The SMILES string of the molecule is C[C@@H]1CCN(Cc2cnn(C)c2)c2ccccc2S1. The number of aromatic nitrogens is 2. The first-order chi connectivity index (χ1) is 9.22. The monoisotopic (exact) mass is 273 g/mol. The van der Waals surface area contributed by atoms with Crippen molar-refractivity contribution in [3.8, 4) is 0 Å². The third kappa shape index (κ3) is 2.78. The predicted molar refractivity (Wildman–Crippen MR) is 80.6 cm³/mol. The molecule has 3 rings (SSSR count). The van der Waals surface area contributed by atoms with Gasteiger partial charge in [0.15, 0.2) is 0 Å². The third-order valence-corrected chi connectivity index (χ3v) is 4.71. The number of hydrogen-bond acceptors (Lipinski definition) is 3. The minimum Gasteiger partial charge on any atom is -0.366 e. The number of para-hydroxylation sites is 1. The van der Waals surface area contributed by atoms with E-state index in [1.54, 1.807) is 0 Å². The van der Waals surface area contributed by atoms with Crippen molar-refractivity contribution >= 4 is 17.4 Å². The fourth-order valence-electron chi connectivity index (χ4n) is 2.49. The second-order valence-electron chi connectivity index (χ2n) is 5.13. The molecule has 0 bridgehead atoms. The smallest absolute Gasteiger partial charge is 0.0539 e. The molecule has 0 amide bonds. The molecule has 100 valence electrons. The lowest BCUT2D eigenvalue weighted by atomic mass is 10.2. The van der Waals surface area contributed by atoms with Crippen LogP contribution < -0.4 is 4.90 Å². The van der Waals surface area contributed by atoms with Crippen LogP contribution in [0.5, 0.6) is 0 Å². The summed E-state index contributed by atoms with van der Waals surface area (Å²) in [5, 5.41) is 4.94. The molecule has 0 saturated heterocycles. The highest BCUT2D eigenvalue weighted by Crippen LogP contribution is 2.37. The molecule has 3 nitrogen and oxygen atoms in total. The lowest BCUT2D eigenvalue weighted by Crippen LogP contribution is -2.24. The minimum atomic E-state index is 0.681. The van der Waals surface area contributed by atoms with E-state index in [1.165, 1.54) is 22.6 Å². The van der Waals surface area contributed by atoms with Crippen LogP contribution in [-0.4, -0.2) is 21.6 Å². The average molecular weight is 273 g/mol. The molecule has 0 unspecified atom stereocenters. The number of anilines is 1. The topological polar surface area (TPSA) is 21.1 Å². The molecule has 2 heterocycles. The highest BCUT2D eigenvalue weighted by molar-refractivity contribution is 8.00. The summed E-state index contributed by atoms with van der Waals surface area (Å²) in [4.78, 5) is 3.87. The van der Waals surface area contributed by atoms with Crippen LogP contribution in [0.4, 0.5) is 5.69 Å². The maximum Gasteiger partial charge on any atom is 0.0539 e. The Morgan fingerprint density at radius 3 is 3.00 bits per heavy atom. The highest BCUT2D eigenvalue weighted by atomic mass is 32.2. The summed E-state index contributed by atoms with van der Waals surface area (Å²) in [6.45, 7) is 4.37. The fourth-order valence-corrected chi connectivity index (χ4v) is 3.62.